The Kier molecular flexibility index (Phi) is 3.38. The molecule has 1 fully saturated rings. The lowest BCUT2D eigenvalue weighted by atomic mass is 10.2. The molecule has 1 aromatic carbocycles. The van der Waals surface area contributed by atoms with Crippen molar-refractivity contribution in [3.8, 4) is 0 Å². The largest absolute Gasteiger partial charge is 0.308 e. The van der Waals surface area contributed by atoms with Gasteiger partial charge in [-0.25, -0.2) is 8.42 Å². The van der Waals surface area contributed by atoms with Gasteiger partial charge in [-0.1, -0.05) is 6.07 Å². The maximum absolute atomic E-state index is 12.3. The van der Waals surface area contributed by atoms with Crippen LogP contribution in [0.5, 0.6) is 0 Å². The van der Waals surface area contributed by atoms with Crippen LogP contribution in [-0.4, -0.2) is 32.5 Å². The van der Waals surface area contributed by atoms with Crippen molar-refractivity contribution >= 4 is 31.6 Å². The number of ketones is 1. The fourth-order valence-electron chi connectivity index (χ4n) is 1.83. The summed E-state index contributed by atoms with van der Waals surface area (Å²) in [7, 11) is -3.59. The zero-order valence-corrected chi connectivity index (χ0v) is 11.6. The number of nitrogens with one attached hydrogen (secondary N) is 1. The van der Waals surface area contributed by atoms with Crippen molar-refractivity contribution < 1.29 is 13.2 Å². The predicted octanol–water partition coefficient (Wildman–Crippen LogP) is 1.07. The SMILES string of the molecule is Cc1ccc(S(=O)(=O)C2CNCC2=O)c(Br)c1. The molecule has 1 aliphatic heterocycles. The first-order chi connectivity index (χ1) is 7.93. The molecule has 1 atom stereocenters. The number of rotatable bonds is 2. The van der Waals surface area contributed by atoms with E-state index in [4.69, 9.17) is 0 Å². The molecule has 1 aliphatic rings. The first kappa shape index (κ1) is 12.7. The minimum absolute atomic E-state index is 0.132. The average molecular weight is 318 g/mol. The van der Waals surface area contributed by atoms with E-state index in [1.54, 1.807) is 18.2 Å². The van der Waals surface area contributed by atoms with Crippen molar-refractivity contribution in [3.63, 3.8) is 0 Å². The fourth-order valence-corrected chi connectivity index (χ4v) is 4.66. The molecule has 4 nitrogen and oxygen atoms in total. The van der Waals surface area contributed by atoms with E-state index in [1.165, 1.54) is 0 Å². The predicted molar refractivity (Wildman–Crippen MR) is 67.7 cm³/mol. The molecule has 1 unspecified atom stereocenters. The van der Waals surface area contributed by atoms with Crippen LogP contribution < -0.4 is 5.32 Å². The number of aryl methyl sites for hydroxylation is 1. The van der Waals surface area contributed by atoms with E-state index in [-0.39, 0.29) is 23.8 Å². The molecule has 1 heterocycles. The average Bonchev–Trinajstić information content (AvgIpc) is 2.64. The van der Waals surface area contributed by atoms with Gasteiger partial charge in [0.05, 0.1) is 11.4 Å². The van der Waals surface area contributed by atoms with E-state index in [0.29, 0.717) is 4.47 Å². The molecule has 1 N–H and O–H groups in total. The van der Waals surface area contributed by atoms with E-state index in [0.717, 1.165) is 5.56 Å². The first-order valence-corrected chi connectivity index (χ1v) is 7.50. The highest BCUT2D eigenvalue weighted by molar-refractivity contribution is 9.10. The summed E-state index contributed by atoms with van der Waals surface area (Å²) >= 11 is 3.24. The van der Waals surface area contributed by atoms with Crippen LogP contribution in [0.1, 0.15) is 5.56 Å². The van der Waals surface area contributed by atoms with E-state index in [2.05, 4.69) is 21.2 Å². The van der Waals surface area contributed by atoms with Crippen LogP contribution in [0.15, 0.2) is 27.6 Å². The summed E-state index contributed by atoms with van der Waals surface area (Å²) in [6, 6.07) is 5.00. The monoisotopic (exact) mass is 317 g/mol. The lowest BCUT2D eigenvalue weighted by molar-refractivity contribution is -0.116. The van der Waals surface area contributed by atoms with Crippen molar-refractivity contribution in [2.75, 3.05) is 13.1 Å². The van der Waals surface area contributed by atoms with Crippen molar-refractivity contribution in [2.24, 2.45) is 0 Å². The summed E-state index contributed by atoms with van der Waals surface area (Å²) in [4.78, 5) is 11.7. The first-order valence-electron chi connectivity index (χ1n) is 5.16. The number of Topliss-reactive ketones (excluding diaryl/α,β-unsaturated/α-hetero) is 1. The third-order valence-electron chi connectivity index (χ3n) is 2.76. The maximum atomic E-state index is 12.3. The second kappa shape index (κ2) is 4.51. The molecule has 0 aliphatic carbocycles. The number of hydrogen-bond donors (Lipinski definition) is 1. The Morgan fingerprint density at radius 1 is 1.41 bits per heavy atom. The zero-order valence-electron chi connectivity index (χ0n) is 9.23. The molecular weight excluding hydrogens is 306 g/mol. The lowest BCUT2D eigenvalue weighted by Crippen LogP contribution is -2.29. The highest BCUT2D eigenvalue weighted by Gasteiger charge is 2.37. The molecule has 0 radical (unpaired) electrons. The highest BCUT2D eigenvalue weighted by atomic mass is 79.9. The van der Waals surface area contributed by atoms with Gasteiger partial charge in [-0.15, -0.1) is 0 Å². The second-order valence-electron chi connectivity index (χ2n) is 4.06. The van der Waals surface area contributed by atoms with Gasteiger partial charge in [0, 0.05) is 11.0 Å². The van der Waals surface area contributed by atoms with Crippen LogP contribution >= 0.6 is 15.9 Å². The third kappa shape index (κ3) is 2.29. The molecule has 17 heavy (non-hydrogen) atoms. The molecular formula is C11H12BrNO3S. The summed E-state index contributed by atoms with van der Waals surface area (Å²) in [5.41, 5.74) is 0.965. The summed E-state index contributed by atoms with van der Waals surface area (Å²) in [6.07, 6.45) is 0. The Morgan fingerprint density at radius 3 is 2.65 bits per heavy atom. The minimum Gasteiger partial charge on any atom is -0.308 e. The number of halogens is 1. The molecule has 0 saturated carbocycles. The Morgan fingerprint density at radius 2 is 2.12 bits per heavy atom. The van der Waals surface area contributed by atoms with Crippen molar-refractivity contribution in [1.29, 1.82) is 0 Å². The quantitative estimate of drug-likeness (QED) is 0.886. The van der Waals surface area contributed by atoms with Gasteiger partial charge in [0.15, 0.2) is 15.6 Å². The van der Waals surface area contributed by atoms with Crippen LogP contribution in [0, 0.1) is 6.92 Å². The smallest absolute Gasteiger partial charge is 0.190 e. The molecule has 0 amide bonds. The van der Waals surface area contributed by atoms with Crippen LogP contribution in [0.3, 0.4) is 0 Å². The van der Waals surface area contributed by atoms with Gasteiger partial charge in [-0.05, 0) is 40.5 Å². The minimum atomic E-state index is -3.59. The topological polar surface area (TPSA) is 63.2 Å². The van der Waals surface area contributed by atoms with Gasteiger partial charge in [0.1, 0.15) is 5.25 Å². The lowest BCUT2D eigenvalue weighted by Gasteiger charge is -2.11. The summed E-state index contributed by atoms with van der Waals surface area (Å²) in [6.45, 7) is 2.21. The van der Waals surface area contributed by atoms with E-state index in [9.17, 15) is 13.2 Å². The summed E-state index contributed by atoms with van der Waals surface area (Å²) < 4.78 is 25.1. The molecule has 1 saturated heterocycles. The summed E-state index contributed by atoms with van der Waals surface area (Å²) in [5.74, 6) is -0.266. The number of carbonyl (C=O) groups is 1. The van der Waals surface area contributed by atoms with Gasteiger partial charge in [-0.2, -0.15) is 0 Å². The summed E-state index contributed by atoms with van der Waals surface area (Å²) in [5, 5.41) is 1.83. The van der Waals surface area contributed by atoms with Gasteiger partial charge < -0.3 is 5.32 Å². The Bertz CT molecular complexity index is 568. The molecule has 0 bridgehead atoms. The van der Waals surface area contributed by atoms with Gasteiger partial charge >= 0.3 is 0 Å². The molecule has 92 valence electrons. The number of hydrogen-bond acceptors (Lipinski definition) is 4. The Labute approximate surface area is 108 Å². The highest BCUT2D eigenvalue weighted by Crippen LogP contribution is 2.27. The zero-order chi connectivity index (χ0) is 12.6. The van der Waals surface area contributed by atoms with Crippen LogP contribution in [0.25, 0.3) is 0 Å². The Balaban J connectivity index is 2.48. The van der Waals surface area contributed by atoms with Crippen LogP contribution in [-0.2, 0) is 14.6 Å². The van der Waals surface area contributed by atoms with Crippen molar-refractivity contribution in [3.05, 3.63) is 28.2 Å². The van der Waals surface area contributed by atoms with E-state index >= 15 is 0 Å². The van der Waals surface area contributed by atoms with Gasteiger partial charge in [-0.3, -0.25) is 4.79 Å². The van der Waals surface area contributed by atoms with Gasteiger partial charge in [0.2, 0.25) is 0 Å². The second-order valence-corrected chi connectivity index (χ2v) is 7.02. The standard InChI is InChI=1S/C11H12BrNO3S/c1-7-2-3-10(8(12)4-7)17(15,16)11-6-13-5-9(11)14/h2-4,11,13H,5-6H2,1H3. The van der Waals surface area contributed by atoms with E-state index in [1.807, 2.05) is 6.92 Å². The number of benzene rings is 1. The van der Waals surface area contributed by atoms with Crippen LogP contribution in [0.4, 0.5) is 0 Å². The molecule has 1 aromatic rings. The Hall–Kier alpha value is -0.720. The van der Waals surface area contributed by atoms with E-state index < -0.39 is 15.1 Å². The van der Waals surface area contributed by atoms with Crippen LogP contribution in [0.2, 0.25) is 0 Å². The molecule has 0 spiro atoms. The maximum Gasteiger partial charge on any atom is 0.190 e. The van der Waals surface area contributed by atoms with Gasteiger partial charge in [0.25, 0.3) is 0 Å². The molecule has 6 heteroatoms. The fraction of sp³-hybridized carbons (Fsp3) is 0.364. The number of carbonyl (C=O) groups excluding carboxylic acids is 1. The molecule has 2 rings (SSSR count). The van der Waals surface area contributed by atoms with Crippen molar-refractivity contribution in [2.45, 2.75) is 17.1 Å². The third-order valence-corrected chi connectivity index (χ3v) is 5.82. The number of sulfone groups is 1. The molecule has 0 aromatic heterocycles. The van der Waals surface area contributed by atoms with Crippen molar-refractivity contribution in [1.82, 2.24) is 5.32 Å². The normalized spacial score (nSPS) is 20.8.